The fourth-order valence-electron chi connectivity index (χ4n) is 2.24. The number of aromatic nitrogens is 1. The van der Waals surface area contributed by atoms with Gasteiger partial charge in [-0.1, -0.05) is 0 Å². The van der Waals surface area contributed by atoms with Crippen LogP contribution in [0.25, 0.3) is 0 Å². The third kappa shape index (κ3) is 2.38. The van der Waals surface area contributed by atoms with Gasteiger partial charge in [-0.2, -0.15) is 0 Å². The van der Waals surface area contributed by atoms with Crippen molar-refractivity contribution in [2.75, 3.05) is 19.6 Å². The van der Waals surface area contributed by atoms with Crippen molar-refractivity contribution in [3.63, 3.8) is 0 Å². The van der Waals surface area contributed by atoms with Gasteiger partial charge in [0.1, 0.15) is 11.8 Å². The van der Waals surface area contributed by atoms with Crippen molar-refractivity contribution in [1.29, 1.82) is 0 Å². The van der Waals surface area contributed by atoms with Gasteiger partial charge in [-0.3, -0.25) is 14.6 Å². The van der Waals surface area contributed by atoms with Crippen molar-refractivity contribution in [1.82, 2.24) is 14.8 Å². The first-order chi connectivity index (χ1) is 9.06. The summed E-state index contributed by atoms with van der Waals surface area (Å²) >= 11 is 0. The first kappa shape index (κ1) is 13.3. The zero-order valence-corrected chi connectivity index (χ0v) is 11.0. The van der Waals surface area contributed by atoms with E-state index in [0.29, 0.717) is 19.6 Å². The van der Waals surface area contributed by atoms with Crippen LogP contribution in [0.4, 0.5) is 0 Å². The number of nitrogens with zero attached hydrogens (tertiary/aromatic N) is 3. The van der Waals surface area contributed by atoms with Crippen LogP contribution in [0, 0.1) is 0 Å². The number of carbonyl (C=O) groups excluding carboxylic acids is 2. The van der Waals surface area contributed by atoms with Crippen LogP contribution in [0.15, 0.2) is 18.5 Å². The van der Waals surface area contributed by atoms with Gasteiger partial charge in [0.25, 0.3) is 5.91 Å². The first-order valence-corrected chi connectivity index (χ1v) is 6.29. The minimum Gasteiger partial charge on any atom is -0.505 e. The quantitative estimate of drug-likeness (QED) is 0.842. The molecule has 1 N–H and O–H groups in total. The zero-order chi connectivity index (χ0) is 14.0. The maximum Gasteiger partial charge on any atom is 0.258 e. The largest absolute Gasteiger partial charge is 0.505 e. The molecule has 1 aliphatic rings. The van der Waals surface area contributed by atoms with Gasteiger partial charge in [-0.15, -0.1) is 0 Å². The van der Waals surface area contributed by atoms with Gasteiger partial charge in [0.05, 0.1) is 11.8 Å². The normalized spacial score (nSPS) is 19.7. The number of hydrogen-bond donors (Lipinski definition) is 1. The summed E-state index contributed by atoms with van der Waals surface area (Å²) in [6, 6.07) is 0.954. The lowest BCUT2D eigenvalue weighted by Crippen LogP contribution is -2.57. The maximum atomic E-state index is 12.3. The molecule has 0 aromatic carbocycles. The predicted octanol–water partition coefficient (Wildman–Crippen LogP) is 0.480. The third-order valence-electron chi connectivity index (χ3n) is 3.42. The Bertz CT molecular complexity index is 504. The third-order valence-corrected chi connectivity index (χ3v) is 3.42. The van der Waals surface area contributed by atoms with Gasteiger partial charge in [-0.25, -0.2) is 0 Å². The highest BCUT2D eigenvalue weighted by Gasteiger charge is 2.34. The van der Waals surface area contributed by atoms with Crippen LogP contribution < -0.4 is 0 Å². The Morgan fingerprint density at radius 1 is 1.53 bits per heavy atom. The topological polar surface area (TPSA) is 73.7 Å². The summed E-state index contributed by atoms with van der Waals surface area (Å²) < 4.78 is 0. The van der Waals surface area contributed by atoms with Gasteiger partial charge < -0.3 is 14.9 Å². The van der Waals surface area contributed by atoms with E-state index < -0.39 is 6.04 Å². The molecule has 0 spiro atoms. The van der Waals surface area contributed by atoms with Gasteiger partial charge in [0, 0.05) is 25.8 Å². The Kier molecular flexibility index (Phi) is 3.69. The van der Waals surface area contributed by atoms with Crippen molar-refractivity contribution in [3.8, 4) is 5.75 Å². The fraction of sp³-hybridized carbons (Fsp3) is 0.462. The van der Waals surface area contributed by atoms with Crippen LogP contribution in [0.1, 0.15) is 24.2 Å². The minimum absolute atomic E-state index is 0.0596. The van der Waals surface area contributed by atoms with E-state index in [0.717, 1.165) is 0 Å². The molecule has 2 amide bonds. The van der Waals surface area contributed by atoms with E-state index in [4.69, 9.17) is 0 Å². The molecule has 19 heavy (non-hydrogen) atoms. The van der Waals surface area contributed by atoms with Crippen molar-refractivity contribution in [3.05, 3.63) is 24.0 Å². The smallest absolute Gasteiger partial charge is 0.258 e. The molecular weight excluding hydrogens is 246 g/mol. The molecule has 1 fully saturated rings. The lowest BCUT2D eigenvalue weighted by Gasteiger charge is -2.38. The SMILES string of the molecule is CCN1CCN(C(=O)c2ccncc2O)C(C)C1=O. The Morgan fingerprint density at radius 3 is 2.89 bits per heavy atom. The highest BCUT2D eigenvalue weighted by atomic mass is 16.3. The average molecular weight is 263 g/mol. The molecule has 1 unspecified atom stereocenters. The molecule has 0 radical (unpaired) electrons. The van der Waals surface area contributed by atoms with Crippen molar-refractivity contribution in [2.24, 2.45) is 0 Å². The van der Waals surface area contributed by atoms with E-state index in [9.17, 15) is 14.7 Å². The second-order valence-electron chi connectivity index (χ2n) is 4.49. The second kappa shape index (κ2) is 5.26. The van der Waals surface area contributed by atoms with Crippen molar-refractivity contribution in [2.45, 2.75) is 19.9 Å². The minimum atomic E-state index is -0.506. The fourth-order valence-corrected chi connectivity index (χ4v) is 2.24. The van der Waals surface area contributed by atoms with Crippen LogP contribution in [0.2, 0.25) is 0 Å². The number of carbonyl (C=O) groups is 2. The number of amides is 2. The predicted molar refractivity (Wildman–Crippen MR) is 68.7 cm³/mol. The molecule has 2 rings (SSSR count). The lowest BCUT2D eigenvalue weighted by atomic mass is 10.1. The highest BCUT2D eigenvalue weighted by molar-refractivity contribution is 5.99. The number of likely N-dealkylation sites (N-methyl/N-ethyl adjacent to an activating group) is 1. The monoisotopic (exact) mass is 263 g/mol. The second-order valence-corrected chi connectivity index (χ2v) is 4.49. The molecule has 6 nitrogen and oxygen atoms in total. The summed E-state index contributed by atoms with van der Waals surface area (Å²) in [5, 5.41) is 9.66. The van der Waals surface area contributed by atoms with Crippen LogP contribution in [0.5, 0.6) is 5.75 Å². The summed E-state index contributed by atoms with van der Waals surface area (Å²) in [5.74, 6) is -0.558. The Balaban J connectivity index is 2.21. The molecule has 102 valence electrons. The molecule has 0 bridgehead atoms. The standard InChI is InChI=1S/C13H17N3O3/c1-3-15-6-7-16(9(2)12(15)18)13(19)10-4-5-14-8-11(10)17/h4-5,8-9,17H,3,6-7H2,1-2H3. The number of aromatic hydroxyl groups is 1. The highest BCUT2D eigenvalue weighted by Crippen LogP contribution is 2.20. The van der Waals surface area contributed by atoms with E-state index in [1.807, 2.05) is 6.92 Å². The van der Waals surface area contributed by atoms with Gasteiger partial charge in [0.15, 0.2) is 0 Å². The van der Waals surface area contributed by atoms with Gasteiger partial charge in [-0.05, 0) is 19.9 Å². The maximum absolute atomic E-state index is 12.3. The van der Waals surface area contributed by atoms with E-state index in [1.54, 1.807) is 11.8 Å². The van der Waals surface area contributed by atoms with Gasteiger partial charge >= 0.3 is 0 Å². The number of pyridine rings is 1. The van der Waals surface area contributed by atoms with E-state index in [1.165, 1.54) is 23.4 Å². The van der Waals surface area contributed by atoms with Crippen LogP contribution in [-0.2, 0) is 4.79 Å². The molecule has 6 heteroatoms. The summed E-state index contributed by atoms with van der Waals surface area (Å²) in [6.07, 6.45) is 2.67. The lowest BCUT2D eigenvalue weighted by molar-refractivity contribution is -0.139. The van der Waals surface area contributed by atoms with E-state index in [-0.39, 0.29) is 23.1 Å². The zero-order valence-electron chi connectivity index (χ0n) is 11.0. The molecule has 0 saturated carbocycles. The van der Waals surface area contributed by atoms with Crippen LogP contribution >= 0.6 is 0 Å². The number of rotatable bonds is 2. The molecule has 1 saturated heterocycles. The first-order valence-electron chi connectivity index (χ1n) is 6.29. The Hall–Kier alpha value is -2.11. The molecule has 1 atom stereocenters. The van der Waals surface area contributed by atoms with Crippen molar-refractivity contribution < 1.29 is 14.7 Å². The molecular formula is C13H17N3O3. The number of piperazine rings is 1. The van der Waals surface area contributed by atoms with Crippen LogP contribution in [0.3, 0.4) is 0 Å². The molecule has 0 aliphatic carbocycles. The average Bonchev–Trinajstić information content (AvgIpc) is 2.41. The molecule has 1 aliphatic heterocycles. The Labute approximate surface area is 111 Å². The summed E-state index contributed by atoms with van der Waals surface area (Å²) in [6.45, 7) is 5.27. The van der Waals surface area contributed by atoms with Gasteiger partial charge in [0.2, 0.25) is 5.91 Å². The van der Waals surface area contributed by atoms with E-state index in [2.05, 4.69) is 4.98 Å². The summed E-state index contributed by atoms with van der Waals surface area (Å²) in [7, 11) is 0. The van der Waals surface area contributed by atoms with Crippen LogP contribution in [-0.4, -0.2) is 57.4 Å². The van der Waals surface area contributed by atoms with E-state index >= 15 is 0 Å². The van der Waals surface area contributed by atoms with Crippen molar-refractivity contribution >= 4 is 11.8 Å². The summed E-state index contributed by atoms with van der Waals surface area (Å²) in [4.78, 5) is 31.3. The molecule has 2 heterocycles. The molecule has 1 aromatic rings. The Morgan fingerprint density at radius 2 is 2.26 bits per heavy atom. The molecule has 1 aromatic heterocycles. The summed E-state index contributed by atoms with van der Waals surface area (Å²) in [5.41, 5.74) is 0.180. The number of hydrogen-bond acceptors (Lipinski definition) is 4.